The largest absolute Gasteiger partial charge is 0.369 e. The number of hydrogen-bond acceptors (Lipinski definition) is 4. The summed E-state index contributed by atoms with van der Waals surface area (Å²) in [5.74, 6) is 0. The lowest BCUT2D eigenvalue weighted by Crippen LogP contribution is -2.46. The SMILES string of the molecule is CCN1CCN(c2ccc(CNCCCCN)cc2)CC1. The maximum atomic E-state index is 5.49. The lowest BCUT2D eigenvalue weighted by atomic mass is 10.1. The summed E-state index contributed by atoms with van der Waals surface area (Å²) in [4.78, 5) is 5.00. The van der Waals surface area contributed by atoms with E-state index in [1.807, 2.05) is 0 Å². The molecule has 1 aliphatic rings. The van der Waals surface area contributed by atoms with Crippen LogP contribution in [-0.4, -0.2) is 50.7 Å². The van der Waals surface area contributed by atoms with Gasteiger partial charge >= 0.3 is 0 Å². The Balaban J connectivity index is 1.74. The van der Waals surface area contributed by atoms with Crippen LogP contribution in [-0.2, 0) is 6.54 Å². The van der Waals surface area contributed by atoms with Crippen LogP contribution in [0.3, 0.4) is 0 Å². The fourth-order valence-corrected chi connectivity index (χ4v) is 2.77. The monoisotopic (exact) mass is 290 g/mol. The third-order valence-corrected chi connectivity index (χ3v) is 4.26. The van der Waals surface area contributed by atoms with Crippen molar-refractivity contribution in [3.63, 3.8) is 0 Å². The third kappa shape index (κ3) is 5.30. The van der Waals surface area contributed by atoms with Crippen molar-refractivity contribution in [1.29, 1.82) is 0 Å². The van der Waals surface area contributed by atoms with Gasteiger partial charge in [-0.3, -0.25) is 0 Å². The average Bonchev–Trinajstić information content (AvgIpc) is 2.55. The first kappa shape index (κ1) is 16.3. The fourth-order valence-electron chi connectivity index (χ4n) is 2.77. The van der Waals surface area contributed by atoms with Crippen molar-refractivity contribution in [3.05, 3.63) is 29.8 Å². The van der Waals surface area contributed by atoms with E-state index in [-0.39, 0.29) is 0 Å². The van der Waals surface area contributed by atoms with Crippen LogP contribution in [0.2, 0.25) is 0 Å². The molecule has 1 saturated heterocycles. The molecule has 0 aliphatic carbocycles. The molecule has 3 N–H and O–H groups in total. The second-order valence-corrected chi connectivity index (χ2v) is 5.76. The highest BCUT2D eigenvalue weighted by atomic mass is 15.3. The van der Waals surface area contributed by atoms with Crippen LogP contribution < -0.4 is 16.0 Å². The summed E-state index contributed by atoms with van der Waals surface area (Å²) in [6.07, 6.45) is 2.27. The highest BCUT2D eigenvalue weighted by Gasteiger charge is 2.15. The number of piperazine rings is 1. The molecule has 1 aromatic rings. The predicted molar refractivity (Wildman–Crippen MR) is 90.8 cm³/mol. The molecule has 1 heterocycles. The van der Waals surface area contributed by atoms with E-state index in [2.05, 4.69) is 46.3 Å². The van der Waals surface area contributed by atoms with Crippen molar-refractivity contribution in [2.45, 2.75) is 26.3 Å². The molecule has 0 spiro atoms. The van der Waals surface area contributed by atoms with Crippen LogP contribution in [0.25, 0.3) is 0 Å². The maximum Gasteiger partial charge on any atom is 0.0367 e. The first-order valence-electron chi connectivity index (χ1n) is 8.30. The minimum atomic E-state index is 0.793. The Morgan fingerprint density at radius 1 is 1.05 bits per heavy atom. The van der Waals surface area contributed by atoms with E-state index in [0.717, 1.165) is 45.6 Å². The molecule has 21 heavy (non-hydrogen) atoms. The number of rotatable bonds is 8. The van der Waals surface area contributed by atoms with Crippen LogP contribution in [0.1, 0.15) is 25.3 Å². The molecule has 1 fully saturated rings. The summed E-state index contributed by atoms with van der Waals surface area (Å²) in [6.45, 7) is 10.9. The van der Waals surface area contributed by atoms with Crippen molar-refractivity contribution in [2.24, 2.45) is 5.73 Å². The number of benzene rings is 1. The molecule has 0 radical (unpaired) electrons. The Hall–Kier alpha value is -1.10. The lowest BCUT2D eigenvalue weighted by molar-refractivity contribution is 0.271. The number of likely N-dealkylation sites (N-methyl/N-ethyl adjacent to an activating group) is 1. The number of nitrogens with two attached hydrogens (primary N) is 1. The molecule has 0 bridgehead atoms. The van der Waals surface area contributed by atoms with Crippen LogP contribution in [0.5, 0.6) is 0 Å². The lowest BCUT2D eigenvalue weighted by Gasteiger charge is -2.35. The van der Waals surface area contributed by atoms with Gasteiger partial charge in [-0.1, -0.05) is 19.1 Å². The van der Waals surface area contributed by atoms with Crippen molar-refractivity contribution in [1.82, 2.24) is 10.2 Å². The van der Waals surface area contributed by atoms with Gasteiger partial charge in [-0.2, -0.15) is 0 Å². The maximum absolute atomic E-state index is 5.49. The molecule has 1 aliphatic heterocycles. The van der Waals surface area contributed by atoms with E-state index in [1.165, 1.54) is 30.9 Å². The van der Waals surface area contributed by atoms with Crippen molar-refractivity contribution in [3.8, 4) is 0 Å². The zero-order valence-corrected chi connectivity index (χ0v) is 13.4. The van der Waals surface area contributed by atoms with E-state index in [9.17, 15) is 0 Å². The molecular formula is C17H30N4. The summed E-state index contributed by atoms with van der Waals surface area (Å²) in [6, 6.07) is 9.02. The van der Waals surface area contributed by atoms with Gasteiger partial charge in [0.2, 0.25) is 0 Å². The molecule has 4 heteroatoms. The van der Waals surface area contributed by atoms with E-state index >= 15 is 0 Å². The first-order chi connectivity index (χ1) is 10.3. The minimum Gasteiger partial charge on any atom is -0.369 e. The quantitative estimate of drug-likeness (QED) is 0.715. The van der Waals surface area contributed by atoms with Crippen molar-refractivity contribution >= 4 is 5.69 Å². The Morgan fingerprint density at radius 3 is 2.38 bits per heavy atom. The highest BCUT2D eigenvalue weighted by Crippen LogP contribution is 2.17. The molecule has 0 aromatic heterocycles. The summed E-state index contributed by atoms with van der Waals surface area (Å²) in [7, 11) is 0. The number of hydrogen-bond donors (Lipinski definition) is 2. The molecular weight excluding hydrogens is 260 g/mol. The summed E-state index contributed by atoms with van der Waals surface area (Å²) in [5, 5.41) is 3.47. The van der Waals surface area contributed by atoms with Gasteiger partial charge in [0.05, 0.1) is 0 Å². The van der Waals surface area contributed by atoms with Crippen LogP contribution in [0.15, 0.2) is 24.3 Å². The number of unbranched alkanes of at least 4 members (excludes halogenated alkanes) is 1. The van der Waals surface area contributed by atoms with Gasteiger partial charge < -0.3 is 20.9 Å². The standard InChI is InChI=1S/C17H30N4/c1-2-20-11-13-21(14-12-20)17-7-5-16(6-8-17)15-19-10-4-3-9-18/h5-8,19H,2-4,9-15,18H2,1H3. The second kappa shape index (κ2) is 9.03. The molecule has 1 aromatic carbocycles. The zero-order chi connectivity index (χ0) is 14.9. The topological polar surface area (TPSA) is 44.5 Å². The molecule has 0 saturated carbocycles. The van der Waals surface area contributed by atoms with Gasteiger partial charge in [0, 0.05) is 38.4 Å². The summed E-state index contributed by atoms with van der Waals surface area (Å²) >= 11 is 0. The van der Waals surface area contributed by atoms with E-state index in [1.54, 1.807) is 0 Å². The zero-order valence-electron chi connectivity index (χ0n) is 13.4. The molecule has 0 amide bonds. The van der Waals surface area contributed by atoms with Crippen LogP contribution >= 0.6 is 0 Å². The molecule has 0 atom stereocenters. The third-order valence-electron chi connectivity index (χ3n) is 4.26. The second-order valence-electron chi connectivity index (χ2n) is 5.76. The predicted octanol–water partition coefficient (Wildman–Crippen LogP) is 1.66. The average molecular weight is 290 g/mol. The van der Waals surface area contributed by atoms with Crippen LogP contribution in [0.4, 0.5) is 5.69 Å². The van der Waals surface area contributed by atoms with Crippen molar-refractivity contribution in [2.75, 3.05) is 50.7 Å². The summed E-state index contributed by atoms with van der Waals surface area (Å²) < 4.78 is 0. The van der Waals surface area contributed by atoms with Crippen molar-refractivity contribution < 1.29 is 0 Å². The Morgan fingerprint density at radius 2 is 1.76 bits per heavy atom. The van der Waals surface area contributed by atoms with Gasteiger partial charge in [0.25, 0.3) is 0 Å². The normalized spacial score (nSPS) is 16.4. The van der Waals surface area contributed by atoms with E-state index < -0.39 is 0 Å². The van der Waals surface area contributed by atoms with E-state index in [4.69, 9.17) is 5.73 Å². The highest BCUT2D eigenvalue weighted by molar-refractivity contribution is 5.48. The molecule has 4 nitrogen and oxygen atoms in total. The van der Waals surface area contributed by atoms with Gasteiger partial charge in [-0.05, 0) is 50.2 Å². The van der Waals surface area contributed by atoms with E-state index in [0.29, 0.717) is 0 Å². The fraction of sp³-hybridized carbons (Fsp3) is 0.647. The van der Waals surface area contributed by atoms with Crippen LogP contribution in [0, 0.1) is 0 Å². The summed E-state index contributed by atoms with van der Waals surface area (Å²) in [5.41, 5.74) is 8.21. The number of nitrogens with one attached hydrogen (secondary N) is 1. The Kier molecular flexibility index (Phi) is 7.00. The Bertz CT molecular complexity index is 382. The van der Waals surface area contributed by atoms with Gasteiger partial charge in [-0.25, -0.2) is 0 Å². The van der Waals surface area contributed by atoms with Gasteiger partial charge in [0.1, 0.15) is 0 Å². The first-order valence-corrected chi connectivity index (χ1v) is 8.30. The van der Waals surface area contributed by atoms with Gasteiger partial charge in [0.15, 0.2) is 0 Å². The molecule has 118 valence electrons. The smallest absolute Gasteiger partial charge is 0.0367 e. The van der Waals surface area contributed by atoms with Gasteiger partial charge in [-0.15, -0.1) is 0 Å². The molecule has 0 unspecified atom stereocenters. The minimum absolute atomic E-state index is 0.793. The Labute approximate surface area is 129 Å². The number of anilines is 1. The number of nitrogens with zero attached hydrogens (tertiary/aromatic N) is 2. The molecule has 2 rings (SSSR count).